The number of hydrogen-bond donors (Lipinski definition) is 3. The second-order valence-electron chi connectivity index (χ2n) is 3.47. The van der Waals surface area contributed by atoms with E-state index in [1.54, 1.807) is 6.92 Å². The average molecular weight is 247 g/mol. The van der Waals surface area contributed by atoms with Crippen molar-refractivity contribution in [2.24, 2.45) is 10.9 Å². The Morgan fingerprint density at radius 2 is 2.12 bits per heavy atom. The summed E-state index contributed by atoms with van der Waals surface area (Å²) < 4.78 is 35.3. The fourth-order valence-electron chi connectivity index (χ4n) is 1.11. The van der Waals surface area contributed by atoms with Crippen molar-refractivity contribution in [2.75, 3.05) is 11.9 Å². The van der Waals surface area contributed by atoms with Crippen LogP contribution in [-0.2, 0) is 10.0 Å². The first-order valence-electron chi connectivity index (χ1n) is 4.63. The summed E-state index contributed by atoms with van der Waals surface area (Å²) in [4.78, 5) is -0.254. The maximum absolute atomic E-state index is 13.5. The number of sulfonamides is 1. The molecular formula is C9H14FN3O2S. The highest BCUT2D eigenvalue weighted by Gasteiger charge is 2.12. The first kappa shape index (κ1) is 12.9. The van der Waals surface area contributed by atoms with Crippen molar-refractivity contribution in [2.45, 2.75) is 17.9 Å². The molecule has 1 unspecified atom stereocenters. The highest BCUT2D eigenvalue weighted by molar-refractivity contribution is 7.89. The predicted octanol–water partition coefficient (Wildman–Crippen LogP) is 0.232. The molecule has 90 valence electrons. The fraction of sp³-hybridized carbons (Fsp3) is 0.333. The van der Waals surface area contributed by atoms with Crippen molar-refractivity contribution in [3.8, 4) is 0 Å². The van der Waals surface area contributed by atoms with E-state index < -0.39 is 15.8 Å². The van der Waals surface area contributed by atoms with Gasteiger partial charge in [0.05, 0.1) is 10.6 Å². The van der Waals surface area contributed by atoms with Gasteiger partial charge in [-0.1, -0.05) is 0 Å². The van der Waals surface area contributed by atoms with Crippen LogP contribution in [0, 0.1) is 5.82 Å². The van der Waals surface area contributed by atoms with Gasteiger partial charge in [-0.25, -0.2) is 17.9 Å². The van der Waals surface area contributed by atoms with Gasteiger partial charge in [0, 0.05) is 12.6 Å². The lowest BCUT2D eigenvalue weighted by molar-refractivity contribution is 0.592. The van der Waals surface area contributed by atoms with Gasteiger partial charge in [-0.2, -0.15) is 0 Å². The van der Waals surface area contributed by atoms with Gasteiger partial charge in [0.25, 0.3) is 0 Å². The van der Waals surface area contributed by atoms with Gasteiger partial charge in [0.1, 0.15) is 5.82 Å². The van der Waals surface area contributed by atoms with Gasteiger partial charge in [0.2, 0.25) is 10.0 Å². The molecule has 16 heavy (non-hydrogen) atoms. The molecule has 0 saturated heterocycles. The van der Waals surface area contributed by atoms with E-state index in [0.29, 0.717) is 6.54 Å². The number of anilines is 1. The minimum atomic E-state index is -3.87. The summed E-state index contributed by atoms with van der Waals surface area (Å²) in [7, 11) is -3.87. The number of hydrogen-bond acceptors (Lipinski definition) is 4. The van der Waals surface area contributed by atoms with Gasteiger partial charge < -0.3 is 11.1 Å². The van der Waals surface area contributed by atoms with Crippen LogP contribution >= 0.6 is 0 Å². The summed E-state index contributed by atoms with van der Waals surface area (Å²) >= 11 is 0. The van der Waals surface area contributed by atoms with Crippen molar-refractivity contribution in [3.05, 3.63) is 24.0 Å². The molecule has 0 aliphatic carbocycles. The molecule has 0 bridgehead atoms. The fourth-order valence-corrected chi connectivity index (χ4v) is 1.64. The van der Waals surface area contributed by atoms with Gasteiger partial charge >= 0.3 is 0 Å². The molecule has 5 N–H and O–H groups in total. The van der Waals surface area contributed by atoms with E-state index >= 15 is 0 Å². The molecule has 0 radical (unpaired) electrons. The zero-order valence-corrected chi connectivity index (χ0v) is 9.59. The molecule has 1 rings (SSSR count). The quantitative estimate of drug-likeness (QED) is 0.709. The molecule has 0 aliphatic heterocycles. The lowest BCUT2D eigenvalue weighted by Crippen LogP contribution is -2.25. The van der Waals surface area contributed by atoms with Crippen LogP contribution in [0.2, 0.25) is 0 Å². The van der Waals surface area contributed by atoms with E-state index in [4.69, 9.17) is 10.9 Å². The average Bonchev–Trinajstić information content (AvgIpc) is 2.19. The second kappa shape index (κ2) is 4.77. The van der Waals surface area contributed by atoms with Crippen molar-refractivity contribution < 1.29 is 12.8 Å². The molecule has 1 aromatic rings. The lowest BCUT2D eigenvalue weighted by atomic mass is 10.2. The molecule has 5 nitrogen and oxygen atoms in total. The number of benzene rings is 1. The molecule has 7 heteroatoms. The standard InChI is InChI=1S/C9H14FN3O2S/c1-6(5-11)13-9-3-2-7(4-8(9)10)16(12,14)15/h2-4,6,13H,5,11H2,1H3,(H2,12,14,15). The van der Waals surface area contributed by atoms with Crippen LogP contribution in [0.1, 0.15) is 6.92 Å². The highest BCUT2D eigenvalue weighted by Crippen LogP contribution is 2.18. The summed E-state index contributed by atoms with van der Waals surface area (Å²) in [5, 5.41) is 7.67. The predicted molar refractivity (Wildman–Crippen MR) is 59.9 cm³/mol. The number of rotatable bonds is 4. The van der Waals surface area contributed by atoms with Crippen LogP contribution in [0.15, 0.2) is 23.1 Å². The normalized spacial score (nSPS) is 13.5. The largest absolute Gasteiger partial charge is 0.379 e. The van der Waals surface area contributed by atoms with Crippen molar-refractivity contribution in [3.63, 3.8) is 0 Å². The SMILES string of the molecule is CC(CN)Nc1ccc(S(N)(=O)=O)cc1F. The molecule has 0 fully saturated rings. The summed E-state index contributed by atoms with van der Waals surface area (Å²) in [6, 6.07) is 3.33. The second-order valence-corrected chi connectivity index (χ2v) is 5.03. The number of nitrogens with one attached hydrogen (secondary N) is 1. The highest BCUT2D eigenvalue weighted by atomic mass is 32.2. The molecular weight excluding hydrogens is 233 g/mol. The minimum Gasteiger partial charge on any atom is -0.379 e. The van der Waals surface area contributed by atoms with E-state index in [-0.39, 0.29) is 16.6 Å². The van der Waals surface area contributed by atoms with Crippen molar-refractivity contribution >= 4 is 15.7 Å². The van der Waals surface area contributed by atoms with Crippen LogP contribution in [0.5, 0.6) is 0 Å². The first-order chi connectivity index (χ1) is 7.34. The Morgan fingerprint density at radius 3 is 2.56 bits per heavy atom. The van der Waals surface area contributed by atoms with E-state index in [2.05, 4.69) is 5.32 Å². The molecule has 1 atom stereocenters. The monoisotopic (exact) mass is 247 g/mol. The maximum atomic E-state index is 13.5. The van der Waals surface area contributed by atoms with Crippen LogP contribution in [-0.4, -0.2) is 21.0 Å². The summed E-state index contributed by atoms with van der Waals surface area (Å²) in [5.74, 6) is -0.674. The van der Waals surface area contributed by atoms with E-state index in [9.17, 15) is 12.8 Å². The third-order valence-electron chi connectivity index (χ3n) is 2.02. The molecule has 0 aromatic heterocycles. The lowest BCUT2D eigenvalue weighted by Gasteiger charge is -2.13. The topological polar surface area (TPSA) is 98.2 Å². The van der Waals surface area contributed by atoms with Crippen LogP contribution < -0.4 is 16.2 Å². The number of halogens is 1. The maximum Gasteiger partial charge on any atom is 0.238 e. The van der Waals surface area contributed by atoms with Crippen LogP contribution in [0.3, 0.4) is 0 Å². The Bertz CT molecular complexity index is 476. The Kier molecular flexibility index (Phi) is 3.84. The third kappa shape index (κ3) is 3.16. The van der Waals surface area contributed by atoms with Gasteiger partial charge in [-0.05, 0) is 25.1 Å². The van der Waals surface area contributed by atoms with Crippen LogP contribution in [0.4, 0.5) is 10.1 Å². The number of nitrogens with two attached hydrogens (primary N) is 2. The van der Waals surface area contributed by atoms with Gasteiger partial charge in [-0.3, -0.25) is 0 Å². The summed E-state index contributed by atoms with van der Waals surface area (Å²) in [6.45, 7) is 2.13. The molecule has 0 spiro atoms. The van der Waals surface area contributed by atoms with Crippen molar-refractivity contribution in [1.82, 2.24) is 0 Å². The zero-order valence-electron chi connectivity index (χ0n) is 8.77. The Labute approximate surface area is 93.7 Å². The molecule has 0 amide bonds. The van der Waals surface area contributed by atoms with E-state index in [1.807, 2.05) is 0 Å². The Morgan fingerprint density at radius 1 is 1.50 bits per heavy atom. The zero-order chi connectivity index (χ0) is 12.3. The smallest absolute Gasteiger partial charge is 0.238 e. The van der Waals surface area contributed by atoms with Crippen LogP contribution in [0.25, 0.3) is 0 Å². The molecule has 0 saturated carbocycles. The Balaban J connectivity index is 3.01. The minimum absolute atomic E-state index is 0.102. The van der Waals surface area contributed by atoms with E-state index in [0.717, 1.165) is 6.07 Å². The Hall–Kier alpha value is -1.18. The molecule has 0 aliphatic rings. The molecule has 1 aromatic carbocycles. The molecule has 0 heterocycles. The first-order valence-corrected chi connectivity index (χ1v) is 6.18. The summed E-state index contributed by atoms with van der Waals surface area (Å²) in [5.41, 5.74) is 5.57. The number of primary sulfonamides is 1. The third-order valence-corrected chi connectivity index (χ3v) is 2.94. The van der Waals surface area contributed by atoms with Crippen molar-refractivity contribution in [1.29, 1.82) is 0 Å². The van der Waals surface area contributed by atoms with E-state index in [1.165, 1.54) is 12.1 Å². The van der Waals surface area contributed by atoms with Gasteiger partial charge in [-0.15, -0.1) is 0 Å². The van der Waals surface area contributed by atoms with Gasteiger partial charge in [0.15, 0.2) is 0 Å². The summed E-state index contributed by atoms with van der Waals surface area (Å²) in [6.07, 6.45) is 0.